The van der Waals surface area contributed by atoms with Crippen molar-refractivity contribution in [2.75, 3.05) is 56.1 Å². The van der Waals surface area contributed by atoms with Crippen molar-refractivity contribution in [1.29, 1.82) is 0 Å². The Bertz CT molecular complexity index is 1360. The molecule has 0 saturated carbocycles. The summed E-state index contributed by atoms with van der Waals surface area (Å²) in [6.07, 6.45) is 0. The van der Waals surface area contributed by atoms with E-state index in [0.29, 0.717) is 48.4 Å². The van der Waals surface area contributed by atoms with E-state index in [4.69, 9.17) is 21.1 Å². The largest absolute Gasteiger partial charge is 0.493 e. The molecule has 0 N–H and O–H groups in total. The number of benzene rings is 3. The first-order valence-corrected chi connectivity index (χ1v) is 13.6. The van der Waals surface area contributed by atoms with Crippen LogP contribution in [0.2, 0.25) is 5.02 Å². The molecule has 4 rings (SSSR count). The standard InChI is InChI=1S/C27H30ClN3O5S/c1-20-7-10-24(11-8-20)37(33,34)31(23-9-12-25(35-2)26(18-23)36-3)19-27(32)30-15-13-29(14-16-30)22-6-4-5-21(28)17-22/h4-12,17-18H,13-16,19H2,1-3H3. The maximum atomic E-state index is 13.7. The van der Waals surface area contributed by atoms with E-state index in [0.717, 1.165) is 15.6 Å². The van der Waals surface area contributed by atoms with E-state index in [-0.39, 0.29) is 17.3 Å². The first-order chi connectivity index (χ1) is 17.7. The second-order valence-corrected chi connectivity index (χ2v) is 11.0. The minimum Gasteiger partial charge on any atom is -0.493 e. The van der Waals surface area contributed by atoms with Crippen LogP contribution in [0.25, 0.3) is 0 Å². The molecule has 0 spiro atoms. The predicted octanol–water partition coefficient (Wildman–Crippen LogP) is 4.21. The molecule has 1 heterocycles. The molecule has 1 amide bonds. The third-order valence-corrected chi connectivity index (χ3v) is 8.37. The van der Waals surface area contributed by atoms with Gasteiger partial charge in [-0.3, -0.25) is 9.10 Å². The molecular formula is C27H30ClN3O5S. The smallest absolute Gasteiger partial charge is 0.264 e. The number of ether oxygens (including phenoxy) is 2. The molecule has 1 aliphatic rings. The minimum absolute atomic E-state index is 0.103. The Hall–Kier alpha value is -3.43. The lowest BCUT2D eigenvalue weighted by Crippen LogP contribution is -2.52. The number of aryl methyl sites for hydroxylation is 1. The fourth-order valence-electron chi connectivity index (χ4n) is 4.24. The number of hydrogen-bond donors (Lipinski definition) is 0. The van der Waals surface area contributed by atoms with Crippen molar-refractivity contribution in [3.8, 4) is 11.5 Å². The number of hydrogen-bond acceptors (Lipinski definition) is 6. The van der Waals surface area contributed by atoms with Gasteiger partial charge >= 0.3 is 0 Å². The van der Waals surface area contributed by atoms with Crippen molar-refractivity contribution in [2.45, 2.75) is 11.8 Å². The molecule has 0 aliphatic carbocycles. The van der Waals surface area contributed by atoms with Gasteiger partial charge in [0.25, 0.3) is 10.0 Å². The van der Waals surface area contributed by atoms with Gasteiger partial charge in [0.15, 0.2) is 11.5 Å². The van der Waals surface area contributed by atoms with Crippen molar-refractivity contribution < 1.29 is 22.7 Å². The highest BCUT2D eigenvalue weighted by molar-refractivity contribution is 7.92. The summed E-state index contributed by atoms with van der Waals surface area (Å²) >= 11 is 6.13. The summed E-state index contributed by atoms with van der Waals surface area (Å²) in [7, 11) is -1.06. The molecule has 1 saturated heterocycles. The average Bonchev–Trinajstić information content (AvgIpc) is 2.91. The number of methoxy groups -OCH3 is 2. The Morgan fingerprint density at radius 2 is 1.59 bits per heavy atom. The van der Waals surface area contributed by atoms with E-state index in [1.165, 1.54) is 14.2 Å². The highest BCUT2D eigenvalue weighted by Gasteiger charge is 2.31. The molecule has 0 radical (unpaired) electrons. The molecule has 0 aromatic heterocycles. The summed E-state index contributed by atoms with van der Waals surface area (Å²) in [5.41, 5.74) is 2.24. The zero-order chi connectivity index (χ0) is 26.6. The number of piperazine rings is 1. The molecule has 8 nitrogen and oxygen atoms in total. The van der Waals surface area contributed by atoms with E-state index < -0.39 is 10.0 Å². The number of carbonyl (C=O) groups is 1. The van der Waals surface area contributed by atoms with Gasteiger partial charge in [0.1, 0.15) is 6.54 Å². The van der Waals surface area contributed by atoms with E-state index in [1.807, 2.05) is 31.2 Å². The Kier molecular flexibility index (Phi) is 8.14. The van der Waals surface area contributed by atoms with Gasteiger partial charge in [-0.2, -0.15) is 0 Å². The van der Waals surface area contributed by atoms with E-state index in [1.54, 1.807) is 47.4 Å². The lowest BCUT2D eigenvalue weighted by atomic mass is 10.2. The van der Waals surface area contributed by atoms with Crippen LogP contribution in [0.15, 0.2) is 71.6 Å². The quantitative estimate of drug-likeness (QED) is 0.423. The number of sulfonamides is 1. The third-order valence-electron chi connectivity index (χ3n) is 6.35. The predicted molar refractivity (Wildman–Crippen MR) is 146 cm³/mol. The van der Waals surface area contributed by atoms with Gasteiger partial charge in [0, 0.05) is 43.0 Å². The van der Waals surface area contributed by atoms with E-state index in [2.05, 4.69) is 4.90 Å². The van der Waals surface area contributed by atoms with Gasteiger partial charge in [-0.25, -0.2) is 8.42 Å². The zero-order valence-corrected chi connectivity index (χ0v) is 22.6. The van der Waals surface area contributed by atoms with Gasteiger partial charge in [0.05, 0.1) is 24.8 Å². The van der Waals surface area contributed by atoms with Crippen molar-refractivity contribution in [3.63, 3.8) is 0 Å². The summed E-state index contributed by atoms with van der Waals surface area (Å²) in [5.74, 6) is 0.547. The fraction of sp³-hybridized carbons (Fsp3) is 0.296. The number of nitrogens with zero attached hydrogens (tertiary/aromatic N) is 3. The topological polar surface area (TPSA) is 79.4 Å². The van der Waals surface area contributed by atoms with Gasteiger partial charge in [-0.1, -0.05) is 35.4 Å². The second kappa shape index (κ2) is 11.3. The zero-order valence-electron chi connectivity index (χ0n) is 21.1. The normalized spacial score (nSPS) is 13.8. The first kappa shape index (κ1) is 26.6. The second-order valence-electron chi connectivity index (χ2n) is 8.71. The highest BCUT2D eigenvalue weighted by Crippen LogP contribution is 2.34. The lowest BCUT2D eigenvalue weighted by Gasteiger charge is -2.37. The number of halogens is 1. The van der Waals surface area contributed by atoms with Crippen LogP contribution >= 0.6 is 11.6 Å². The molecule has 0 unspecified atom stereocenters. The van der Waals surface area contributed by atoms with Crippen LogP contribution in [0.1, 0.15) is 5.56 Å². The molecule has 0 bridgehead atoms. The lowest BCUT2D eigenvalue weighted by molar-refractivity contribution is -0.129. The third kappa shape index (κ3) is 5.94. The average molecular weight is 544 g/mol. The molecule has 196 valence electrons. The summed E-state index contributed by atoms with van der Waals surface area (Å²) in [5, 5.41) is 0.655. The summed E-state index contributed by atoms with van der Waals surface area (Å²) in [6.45, 7) is 3.71. The molecule has 3 aromatic rings. The SMILES string of the molecule is COc1ccc(N(CC(=O)N2CCN(c3cccc(Cl)c3)CC2)S(=O)(=O)c2ccc(C)cc2)cc1OC. The Labute approximate surface area is 223 Å². The van der Waals surface area contributed by atoms with Crippen LogP contribution in [0.5, 0.6) is 11.5 Å². The van der Waals surface area contributed by atoms with Gasteiger partial charge in [0.2, 0.25) is 5.91 Å². The first-order valence-electron chi connectivity index (χ1n) is 11.8. The van der Waals surface area contributed by atoms with Crippen LogP contribution in [0, 0.1) is 6.92 Å². The number of amides is 1. The summed E-state index contributed by atoms with van der Waals surface area (Å²) < 4.78 is 39.3. The molecule has 0 atom stereocenters. The van der Waals surface area contributed by atoms with Gasteiger partial charge in [-0.05, 0) is 49.4 Å². The Morgan fingerprint density at radius 3 is 2.22 bits per heavy atom. The molecule has 3 aromatic carbocycles. The van der Waals surface area contributed by atoms with Crippen molar-refractivity contribution in [1.82, 2.24) is 4.90 Å². The van der Waals surface area contributed by atoms with E-state index >= 15 is 0 Å². The van der Waals surface area contributed by atoms with Crippen molar-refractivity contribution in [3.05, 3.63) is 77.3 Å². The minimum atomic E-state index is -4.04. The van der Waals surface area contributed by atoms with Gasteiger partial charge < -0.3 is 19.3 Å². The monoisotopic (exact) mass is 543 g/mol. The maximum absolute atomic E-state index is 13.7. The number of rotatable bonds is 8. The van der Waals surface area contributed by atoms with Crippen molar-refractivity contribution >= 4 is 38.9 Å². The van der Waals surface area contributed by atoms with Crippen molar-refractivity contribution in [2.24, 2.45) is 0 Å². The van der Waals surface area contributed by atoms with E-state index in [9.17, 15) is 13.2 Å². The molecule has 10 heteroatoms. The Balaban J connectivity index is 1.59. The fourth-order valence-corrected chi connectivity index (χ4v) is 5.83. The van der Waals surface area contributed by atoms with Crippen LogP contribution in [-0.4, -0.2) is 66.2 Å². The summed E-state index contributed by atoms with van der Waals surface area (Å²) in [4.78, 5) is 17.4. The highest BCUT2D eigenvalue weighted by atomic mass is 35.5. The van der Waals surface area contributed by atoms with Crippen LogP contribution in [0.4, 0.5) is 11.4 Å². The molecule has 1 aliphatic heterocycles. The number of anilines is 2. The Morgan fingerprint density at radius 1 is 0.919 bits per heavy atom. The van der Waals surface area contributed by atoms with Crippen LogP contribution in [-0.2, 0) is 14.8 Å². The molecular weight excluding hydrogens is 514 g/mol. The summed E-state index contributed by atoms with van der Waals surface area (Å²) in [6, 6.07) is 19.0. The molecule has 37 heavy (non-hydrogen) atoms. The maximum Gasteiger partial charge on any atom is 0.264 e. The van der Waals surface area contributed by atoms with Crippen LogP contribution in [0.3, 0.4) is 0 Å². The number of carbonyl (C=O) groups excluding carboxylic acids is 1. The molecule has 1 fully saturated rings. The van der Waals surface area contributed by atoms with Crippen LogP contribution < -0.4 is 18.7 Å². The van der Waals surface area contributed by atoms with Gasteiger partial charge in [-0.15, -0.1) is 0 Å².